The molecule has 98 valence electrons. The van der Waals surface area contributed by atoms with Crippen LogP contribution in [0, 0.1) is 11.7 Å². The summed E-state index contributed by atoms with van der Waals surface area (Å²) in [7, 11) is 0. The van der Waals surface area contributed by atoms with Crippen LogP contribution in [0.15, 0.2) is 12.1 Å². The molecule has 5 N–H and O–H groups in total. The maximum atomic E-state index is 13.7. The van der Waals surface area contributed by atoms with E-state index in [0.29, 0.717) is 12.5 Å². The number of carbonyl (C=O) groups excluding carboxylic acids is 1. The SMILES string of the molecule is NC(=O)c1cc(NCC2CCSC2)c(F)cc1N. The molecule has 0 aromatic heterocycles. The van der Waals surface area contributed by atoms with E-state index in [1.807, 2.05) is 11.8 Å². The first-order valence-electron chi connectivity index (χ1n) is 5.78. The third-order valence-corrected chi connectivity index (χ3v) is 4.24. The van der Waals surface area contributed by atoms with Gasteiger partial charge in [-0.05, 0) is 36.0 Å². The molecule has 0 spiro atoms. The van der Waals surface area contributed by atoms with Crippen molar-refractivity contribution in [1.82, 2.24) is 0 Å². The average molecular weight is 269 g/mol. The van der Waals surface area contributed by atoms with E-state index in [-0.39, 0.29) is 16.9 Å². The second kappa shape index (κ2) is 5.48. The van der Waals surface area contributed by atoms with Gasteiger partial charge < -0.3 is 16.8 Å². The number of nitrogens with one attached hydrogen (secondary N) is 1. The monoisotopic (exact) mass is 269 g/mol. The Labute approximate surface area is 109 Å². The van der Waals surface area contributed by atoms with Crippen molar-refractivity contribution in [3.05, 3.63) is 23.5 Å². The molecular weight excluding hydrogens is 253 g/mol. The third kappa shape index (κ3) is 2.87. The topological polar surface area (TPSA) is 81.1 Å². The van der Waals surface area contributed by atoms with E-state index in [1.165, 1.54) is 6.07 Å². The van der Waals surface area contributed by atoms with E-state index < -0.39 is 11.7 Å². The number of thioether (sulfide) groups is 1. The van der Waals surface area contributed by atoms with Crippen molar-refractivity contribution in [2.75, 3.05) is 29.1 Å². The molecule has 1 fully saturated rings. The number of primary amides is 1. The molecule has 6 heteroatoms. The minimum atomic E-state index is -0.646. The van der Waals surface area contributed by atoms with E-state index >= 15 is 0 Å². The second-order valence-electron chi connectivity index (χ2n) is 4.39. The maximum absolute atomic E-state index is 13.7. The number of amides is 1. The van der Waals surface area contributed by atoms with Crippen LogP contribution in [0.3, 0.4) is 0 Å². The number of rotatable bonds is 4. The van der Waals surface area contributed by atoms with E-state index in [4.69, 9.17) is 11.5 Å². The van der Waals surface area contributed by atoms with E-state index in [9.17, 15) is 9.18 Å². The van der Waals surface area contributed by atoms with Crippen molar-refractivity contribution in [2.45, 2.75) is 6.42 Å². The fourth-order valence-electron chi connectivity index (χ4n) is 1.94. The van der Waals surface area contributed by atoms with Gasteiger partial charge in [-0.3, -0.25) is 4.79 Å². The lowest BCUT2D eigenvalue weighted by atomic mass is 10.1. The van der Waals surface area contributed by atoms with E-state index in [2.05, 4.69) is 5.32 Å². The molecule has 1 saturated heterocycles. The van der Waals surface area contributed by atoms with Crippen molar-refractivity contribution in [2.24, 2.45) is 11.7 Å². The van der Waals surface area contributed by atoms with Crippen molar-refractivity contribution in [3.8, 4) is 0 Å². The average Bonchev–Trinajstić information content (AvgIpc) is 2.80. The number of anilines is 2. The highest BCUT2D eigenvalue weighted by molar-refractivity contribution is 7.99. The molecule has 2 rings (SSSR count). The summed E-state index contributed by atoms with van der Waals surface area (Å²) in [4.78, 5) is 11.1. The lowest BCUT2D eigenvalue weighted by Gasteiger charge is -2.13. The number of hydrogen-bond donors (Lipinski definition) is 3. The molecule has 1 heterocycles. The third-order valence-electron chi connectivity index (χ3n) is 3.01. The normalized spacial score (nSPS) is 18.8. The first-order valence-corrected chi connectivity index (χ1v) is 6.94. The first kappa shape index (κ1) is 13.0. The van der Waals surface area contributed by atoms with Crippen LogP contribution in [0.25, 0.3) is 0 Å². The van der Waals surface area contributed by atoms with Gasteiger partial charge in [0.2, 0.25) is 0 Å². The summed E-state index contributed by atoms with van der Waals surface area (Å²) in [5.74, 6) is 1.69. The Kier molecular flexibility index (Phi) is 3.96. The maximum Gasteiger partial charge on any atom is 0.250 e. The highest BCUT2D eigenvalue weighted by atomic mass is 32.2. The molecule has 1 aromatic carbocycles. The fraction of sp³-hybridized carbons (Fsp3) is 0.417. The van der Waals surface area contributed by atoms with Crippen LogP contribution in [-0.2, 0) is 0 Å². The quantitative estimate of drug-likeness (QED) is 0.726. The van der Waals surface area contributed by atoms with E-state index in [1.54, 1.807) is 0 Å². The molecule has 0 bridgehead atoms. The lowest BCUT2D eigenvalue weighted by Crippen LogP contribution is -2.17. The predicted octanol–water partition coefficient (Wildman–Crippen LogP) is 1.67. The molecule has 1 unspecified atom stereocenters. The molecule has 4 nitrogen and oxygen atoms in total. The van der Waals surface area contributed by atoms with Gasteiger partial charge in [0.25, 0.3) is 5.91 Å². The second-order valence-corrected chi connectivity index (χ2v) is 5.54. The number of nitrogen functional groups attached to an aromatic ring is 1. The number of carbonyl (C=O) groups is 1. The zero-order valence-electron chi connectivity index (χ0n) is 9.91. The number of benzene rings is 1. The summed E-state index contributed by atoms with van der Waals surface area (Å²) in [5, 5.41) is 3.03. The highest BCUT2D eigenvalue weighted by Gasteiger charge is 2.17. The standard InChI is InChI=1S/C12H16FN3OS/c13-9-4-10(14)8(12(15)17)3-11(9)16-5-7-1-2-18-6-7/h3-4,7,16H,1-2,5-6,14H2,(H2,15,17). The minimum absolute atomic E-state index is 0.0713. The van der Waals surface area contributed by atoms with Crippen LogP contribution in [0.5, 0.6) is 0 Å². The molecule has 18 heavy (non-hydrogen) atoms. The smallest absolute Gasteiger partial charge is 0.250 e. The number of nitrogens with two attached hydrogens (primary N) is 2. The van der Waals surface area contributed by atoms with Crippen molar-refractivity contribution in [1.29, 1.82) is 0 Å². The summed E-state index contributed by atoms with van der Waals surface area (Å²) < 4.78 is 13.7. The van der Waals surface area contributed by atoms with Crippen LogP contribution in [0.2, 0.25) is 0 Å². The summed E-state index contributed by atoms with van der Waals surface area (Å²) in [6.07, 6.45) is 1.14. The summed E-state index contributed by atoms with van der Waals surface area (Å²) >= 11 is 1.90. The minimum Gasteiger partial charge on any atom is -0.398 e. The molecule has 0 radical (unpaired) electrons. The molecule has 0 saturated carbocycles. The van der Waals surface area contributed by atoms with Crippen LogP contribution in [0.4, 0.5) is 15.8 Å². The predicted molar refractivity (Wildman–Crippen MR) is 73.3 cm³/mol. The Morgan fingerprint density at radius 2 is 2.33 bits per heavy atom. The van der Waals surface area contributed by atoms with Gasteiger partial charge in [0, 0.05) is 12.2 Å². The Bertz CT molecular complexity index is 461. The molecule has 1 amide bonds. The van der Waals surface area contributed by atoms with E-state index in [0.717, 1.165) is 24.0 Å². The van der Waals surface area contributed by atoms with Gasteiger partial charge >= 0.3 is 0 Å². The molecule has 1 aliphatic heterocycles. The molecule has 1 aliphatic rings. The lowest BCUT2D eigenvalue weighted by molar-refractivity contribution is 0.100. The highest BCUT2D eigenvalue weighted by Crippen LogP contribution is 2.26. The van der Waals surface area contributed by atoms with Crippen LogP contribution >= 0.6 is 11.8 Å². The zero-order chi connectivity index (χ0) is 13.1. The number of halogens is 1. The zero-order valence-corrected chi connectivity index (χ0v) is 10.7. The van der Waals surface area contributed by atoms with Gasteiger partial charge in [0.1, 0.15) is 5.82 Å². The largest absolute Gasteiger partial charge is 0.398 e. The number of hydrogen-bond acceptors (Lipinski definition) is 4. The van der Waals surface area contributed by atoms with Crippen molar-refractivity contribution < 1.29 is 9.18 Å². The van der Waals surface area contributed by atoms with Gasteiger partial charge in [-0.2, -0.15) is 11.8 Å². The molecule has 0 aliphatic carbocycles. The van der Waals surface area contributed by atoms with Gasteiger partial charge in [-0.15, -0.1) is 0 Å². The van der Waals surface area contributed by atoms with Crippen LogP contribution in [-0.4, -0.2) is 24.0 Å². The fourth-order valence-corrected chi connectivity index (χ4v) is 3.22. The Balaban J connectivity index is 2.11. The van der Waals surface area contributed by atoms with Gasteiger partial charge in [-0.1, -0.05) is 0 Å². The van der Waals surface area contributed by atoms with Crippen molar-refractivity contribution in [3.63, 3.8) is 0 Å². The van der Waals surface area contributed by atoms with Gasteiger partial charge in [-0.25, -0.2) is 4.39 Å². The van der Waals surface area contributed by atoms with Crippen LogP contribution in [0.1, 0.15) is 16.8 Å². The Morgan fingerprint density at radius 3 is 2.94 bits per heavy atom. The molecular formula is C12H16FN3OS. The van der Waals surface area contributed by atoms with Crippen LogP contribution < -0.4 is 16.8 Å². The Hall–Kier alpha value is -1.43. The molecule has 1 aromatic rings. The summed E-state index contributed by atoms with van der Waals surface area (Å²) in [5.41, 5.74) is 11.2. The van der Waals surface area contributed by atoms with Gasteiger partial charge in [0.05, 0.1) is 11.3 Å². The molecule has 1 atom stereocenters. The van der Waals surface area contributed by atoms with Crippen molar-refractivity contribution >= 4 is 29.0 Å². The summed E-state index contributed by atoms with van der Waals surface area (Å²) in [6, 6.07) is 2.51. The Morgan fingerprint density at radius 1 is 1.56 bits per heavy atom. The first-order chi connectivity index (χ1) is 8.58. The van der Waals surface area contributed by atoms with Gasteiger partial charge in [0.15, 0.2) is 0 Å². The summed E-state index contributed by atoms with van der Waals surface area (Å²) in [6.45, 7) is 0.700.